The predicted octanol–water partition coefficient (Wildman–Crippen LogP) is 1.91. The molecule has 51 heavy (non-hydrogen) atoms. The molecule has 0 spiro atoms. The van der Waals surface area contributed by atoms with E-state index in [1.807, 2.05) is 0 Å². The minimum absolute atomic E-state index is 0.164. The Morgan fingerprint density at radius 2 is 0.608 bits per heavy atom. The lowest BCUT2D eigenvalue weighted by atomic mass is 9.85. The number of carbonyl (C=O) groups is 3. The van der Waals surface area contributed by atoms with Crippen LogP contribution in [-0.4, -0.2) is 83.9 Å². The van der Waals surface area contributed by atoms with Gasteiger partial charge in [-0.25, -0.2) is 28.1 Å². The number of rotatable bonds is 15. The van der Waals surface area contributed by atoms with Crippen LogP contribution in [0.15, 0.2) is 91.0 Å². The maximum absolute atomic E-state index is 12.8. The first-order valence-electron chi connectivity index (χ1n) is 13.9. The molecule has 6 atom stereocenters. The van der Waals surface area contributed by atoms with E-state index in [0.717, 1.165) is 0 Å². The molecule has 0 bridgehead atoms. The fourth-order valence-corrected chi connectivity index (χ4v) is 6.12. The third-order valence-corrected chi connectivity index (χ3v) is 8.01. The van der Waals surface area contributed by atoms with Crippen molar-refractivity contribution in [3.05, 3.63) is 108 Å². The molecule has 1 aliphatic carbocycles. The molecule has 0 heterocycles. The number of hydrogen-bond acceptors (Lipinski definition) is 15. The summed E-state index contributed by atoms with van der Waals surface area (Å²) in [5.41, 5.74) is -0.517. The molecule has 3 aromatic rings. The summed E-state index contributed by atoms with van der Waals surface area (Å²) in [5.74, 6) is -3.86. The fourth-order valence-electron chi connectivity index (χ4n) is 4.45. The van der Waals surface area contributed by atoms with Gasteiger partial charge in [0.15, 0.2) is 18.3 Å². The smallest absolute Gasteiger partial charge is 0.303 e. The first kappa shape index (κ1) is 40.1. The molecule has 6 N–H and O–H groups in total. The SMILES string of the molecule is O=C(OO[C@@H]1[C@@H](OOC(=O)c2ccccc2)[C@H](OP(=O)(O)O)[C@@H](OP(=O)(O)O)[C@@H](OP(=O)(O)O)[C@H]1OOC(=O)c1ccccc1)c1ccccc1. The fraction of sp³-hybridized carbons (Fsp3) is 0.222. The first-order chi connectivity index (χ1) is 23.9. The van der Waals surface area contributed by atoms with Gasteiger partial charge in [0.25, 0.3) is 0 Å². The maximum atomic E-state index is 12.8. The molecule has 4 rings (SSSR count). The van der Waals surface area contributed by atoms with Gasteiger partial charge in [-0.2, -0.15) is 14.7 Å². The zero-order valence-electron chi connectivity index (χ0n) is 25.3. The van der Waals surface area contributed by atoms with Gasteiger partial charge in [0.05, 0.1) is 16.7 Å². The molecule has 0 aliphatic heterocycles. The van der Waals surface area contributed by atoms with E-state index in [1.54, 1.807) is 0 Å². The zero-order valence-corrected chi connectivity index (χ0v) is 28.0. The third kappa shape index (κ3) is 12.2. The van der Waals surface area contributed by atoms with Crippen molar-refractivity contribution in [1.82, 2.24) is 0 Å². The minimum Gasteiger partial charge on any atom is -0.303 e. The lowest BCUT2D eigenvalue weighted by Crippen LogP contribution is -2.67. The normalized spacial score (nSPS) is 22.5. The average Bonchev–Trinajstić information content (AvgIpc) is 3.07. The number of phosphoric acid groups is 3. The molecule has 3 aromatic carbocycles. The van der Waals surface area contributed by atoms with E-state index >= 15 is 0 Å². The van der Waals surface area contributed by atoms with Gasteiger partial charge < -0.3 is 29.4 Å². The lowest BCUT2D eigenvalue weighted by molar-refractivity contribution is -0.421. The van der Waals surface area contributed by atoms with Crippen LogP contribution in [0.25, 0.3) is 0 Å². The van der Waals surface area contributed by atoms with Gasteiger partial charge in [0.2, 0.25) is 0 Å². The standard InChI is InChI=1S/C27H27O21P3/c28-25(16-10-4-1-5-11-16)43-40-19-20(41-44-26(29)17-12-6-2-7-13-17)22(46-49(31,32)33)24(48-51(37,38)39)23(47-50(34,35)36)21(19)42-45-27(30)18-14-8-3-9-15-18/h1-15,19-24H,(H2,31,32,33)(H2,34,35,36)(H2,37,38,39)/t19-,20-,21+,22-,23-,24-/m0/s1. The monoisotopic (exact) mass is 780 g/mol. The highest BCUT2D eigenvalue weighted by atomic mass is 31.2. The van der Waals surface area contributed by atoms with Crippen molar-refractivity contribution >= 4 is 41.4 Å². The Morgan fingerprint density at radius 3 is 0.843 bits per heavy atom. The summed E-state index contributed by atoms with van der Waals surface area (Å²) in [5, 5.41) is 0. The summed E-state index contributed by atoms with van der Waals surface area (Å²) in [6.07, 6.45) is -15.7. The molecular weight excluding hydrogens is 753 g/mol. The van der Waals surface area contributed by atoms with Crippen molar-refractivity contribution in [2.75, 3.05) is 0 Å². The van der Waals surface area contributed by atoms with Crippen LogP contribution in [0.4, 0.5) is 0 Å². The molecule has 1 aliphatic rings. The second kappa shape index (κ2) is 17.2. The molecule has 276 valence electrons. The van der Waals surface area contributed by atoms with Crippen molar-refractivity contribution in [2.45, 2.75) is 36.6 Å². The van der Waals surface area contributed by atoms with Crippen molar-refractivity contribution in [2.24, 2.45) is 0 Å². The Hall–Kier alpha value is -3.72. The van der Waals surface area contributed by atoms with E-state index in [9.17, 15) is 57.4 Å². The second-order valence-electron chi connectivity index (χ2n) is 10.1. The summed E-state index contributed by atoms with van der Waals surface area (Å²) in [6, 6.07) is 20.5. The molecular formula is C27H27O21P3. The minimum atomic E-state index is -5.87. The van der Waals surface area contributed by atoms with Crippen molar-refractivity contribution in [3.63, 3.8) is 0 Å². The summed E-state index contributed by atoms with van der Waals surface area (Å²) >= 11 is 0. The quantitative estimate of drug-likeness (QED) is 0.0729. The molecule has 24 heteroatoms. The van der Waals surface area contributed by atoms with E-state index in [1.165, 1.54) is 91.0 Å². The van der Waals surface area contributed by atoms with Gasteiger partial charge in [-0.3, -0.25) is 28.2 Å². The molecule has 0 radical (unpaired) electrons. The average molecular weight is 780 g/mol. The van der Waals surface area contributed by atoms with Crippen molar-refractivity contribution < 1.29 is 100 Å². The van der Waals surface area contributed by atoms with Crippen LogP contribution >= 0.6 is 23.5 Å². The van der Waals surface area contributed by atoms with Gasteiger partial charge in [-0.05, 0) is 36.4 Å². The highest BCUT2D eigenvalue weighted by Gasteiger charge is 2.62. The number of carbonyl (C=O) groups excluding carboxylic acids is 3. The van der Waals surface area contributed by atoms with Crippen LogP contribution in [0, 0.1) is 0 Å². The van der Waals surface area contributed by atoms with E-state index in [0.29, 0.717) is 0 Å². The lowest BCUT2D eigenvalue weighted by Gasteiger charge is -2.46. The molecule has 0 amide bonds. The highest BCUT2D eigenvalue weighted by molar-refractivity contribution is 7.47. The Morgan fingerprint density at radius 1 is 0.392 bits per heavy atom. The van der Waals surface area contributed by atoms with Crippen LogP contribution in [0.3, 0.4) is 0 Å². The van der Waals surface area contributed by atoms with E-state index < -0.39 is 78.0 Å². The zero-order chi connectivity index (χ0) is 37.4. The van der Waals surface area contributed by atoms with E-state index in [4.69, 9.17) is 29.3 Å². The van der Waals surface area contributed by atoms with E-state index in [-0.39, 0.29) is 16.7 Å². The Bertz CT molecular complexity index is 1690. The molecule has 0 saturated heterocycles. The summed E-state index contributed by atoms with van der Waals surface area (Å²) < 4.78 is 50.4. The number of benzene rings is 3. The van der Waals surface area contributed by atoms with Crippen LogP contribution in [-0.2, 0) is 56.6 Å². The molecule has 0 aromatic heterocycles. The first-order valence-corrected chi connectivity index (χ1v) is 18.5. The van der Waals surface area contributed by atoms with Gasteiger partial charge in [-0.15, -0.1) is 0 Å². The van der Waals surface area contributed by atoms with Crippen LogP contribution in [0.5, 0.6) is 0 Å². The van der Waals surface area contributed by atoms with Crippen LogP contribution in [0.2, 0.25) is 0 Å². The molecule has 1 saturated carbocycles. The highest BCUT2D eigenvalue weighted by Crippen LogP contribution is 2.51. The summed E-state index contributed by atoms with van der Waals surface area (Å²) in [7, 11) is -17.6. The summed E-state index contributed by atoms with van der Waals surface area (Å²) in [6.45, 7) is 0. The van der Waals surface area contributed by atoms with E-state index in [2.05, 4.69) is 13.6 Å². The van der Waals surface area contributed by atoms with Crippen molar-refractivity contribution in [1.29, 1.82) is 0 Å². The predicted molar refractivity (Wildman–Crippen MR) is 161 cm³/mol. The van der Waals surface area contributed by atoms with Crippen LogP contribution in [0.1, 0.15) is 31.1 Å². The summed E-state index contributed by atoms with van der Waals surface area (Å²) in [4.78, 5) is 127. The van der Waals surface area contributed by atoms with Gasteiger partial charge in [0, 0.05) is 0 Å². The third-order valence-electron chi connectivity index (χ3n) is 6.45. The Labute approximate surface area is 286 Å². The van der Waals surface area contributed by atoms with Crippen LogP contribution < -0.4 is 0 Å². The van der Waals surface area contributed by atoms with Crippen molar-refractivity contribution in [3.8, 4) is 0 Å². The second-order valence-corrected chi connectivity index (χ2v) is 13.7. The van der Waals surface area contributed by atoms with Gasteiger partial charge >= 0.3 is 41.4 Å². The molecule has 0 unspecified atom stereocenters. The molecule has 1 fully saturated rings. The van der Waals surface area contributed by atoms with Gasteiger partial charge in [0.1, 0.15) is 18.3 Å². The van der Waals surface area contributed by atoms with Gasteiger partial charge in [-0.1, -0.05) is 54.6 Å². The number of hydrogen-bond donors (Lipinski definition) is 6. The molecule has 21 nitrogen and oxygen atoms in total. The maximum Gasteiger partial charge on any atom is 0.470 e. The Kier molecular flexibility index (Phi) is 13.5. The Balaban J connectivity index is 1.84. The topological polar surface area (TPSA) is 307 Å². The largest absolute Gasteiger partial charge is 0.470 e. The number of phosphoric ester groups is 3.